The van der Waals surface area contributed by atoms with Gasteiger partial charge in [-0.05, 0) is 48.9 Å². The summed E-state index contributed by atoms with van der Waals surface area (Å²) in [5, 5.41) is 3.54. The van der Waals surface area contributed by atoms with Crippen LogP contribution in [0.2, 0.25) is 10.0 Å². The topological polar surface area (TPSA) is 75.7 Å². The smallest absolute Gasteiger partial charge is 0.250 e. The summed E-state index contributed by atoms with van der Waals surface area (Å²) in [7, 11) is -2.35. The third kappa shape index (κ3) is 2.76. The predicted molar refractivity (Wildman–Crippen MR) is 105 cm³/mol. The Balaban J connectivity index is 1.60. The molecule has 1 amide bonds. The Kier molecular flexibility index (Phi) is 4.29. The van der Waals surface area contributed by atoms with Crippen LogP contribution >= 0.6 is 23.2 Å². The third-order valence-electron chi connectivity index (χ3n) is 5.09. The van der Waals surface area contributed by atoms with Gasteiger partial charge in [0.25, 0.3) is 0 Å². The number of methoxy groups -OCH3 is 1. The molecule has 1 saturated heterocycles. The minimum Gasteiger partial charge on any atom is -0.495 e. The van der Waals surface area contributed by atoms with Crippen LogP contribution in [0.4, 0.5) is 11.4 Å². The third-order valence-corrected chi connectivity index (χ3v) is 8.19. The molecule has 2 aromatic rings. The van der Waals surface area contributed by atoms with Crippen molar-refractivity contribution in [2.45, 2.75) is 11.2 Å². The molecule has 0 unspecified atom stereocenters. The molecular formula is C18H16Cl2N2O4S. The van der Waals surface area contributed by atoms with E-state index < -0.39 is 20.7 Å². The number of halogens is 2. The molecule has 6 nitrogen and oxygen atoms in total. The highest BCUT2D eigenvalue weighted by molar-refractivity contribution is 7.95. The average Bonchev–Trinajstić information content (AvgIpc) is 3.32. The van der Waals surface area contributed by atoms with Gasteiger partial charge in [0.1, 0.15) is 5.75 Å². The minimum absolute atomic E-state index is 0.244. The zero-order chi connectivity index (χ0) is 19.4. The van der Waals surface area contributed by atoms with E-state index in [4.69, 9.17) is 27.9 Å². The molecule has 27 heavy (non-hydrogen) atoms. The first kappa shape index (κ1) is 18.4. The van der Waals surface area contributed by atoms with Gasteiger partial charge in [-0.2, -0.15) is 0 Å². The molecule has 0 radical (unpaired) electrons. The van der Waals surface area contributed by atoms with Crippen LogP contribution in [-0.4, -0.2) is 32.7 Å². The highest BCUT2D eigenvalue weighted by Crippen LogP contribution is 2.58. The summed E-state index contributed by atoms with van der Waals surface area (Å²) in [6, 6.07) is 11.3. The molecular weight excluding hydrogens is 411 g/mol. The second-order valence-corrected chi connectivity index (χ2v) is 9.57. The molecule has 142 valence electrons. The van der Waals surface area contributed by atoms with Gasteiger partial charge in [-0.3, -0.25) is 9.10 Å². The number of fused-ring (bicyclic) bond motifs is 1. The first-order valence-corrected chi connectivity index (χ1v) is 10.4. The van der Waals surface area contributed by atoms with Gasteiger partial charge in [-0.15, -0.1) is 0 Å². The van der Waals surface area contributed by atoms with E-state index in [0.29, 0.717) is 33.6 Å². The van der Waals surface area contributed by atoms with Crippen molar-refractivity contribution in [1.82, 2.24) is 0 Å². The number of benzene rings is 2. The number of carbonyl (C=O) groups excluding carboxylic acids is 1. The largest absolute Gasteiger partial charge is 0.495 e. The Morgan fingerprint density at radius 1 is 1.22 bits per heavy atom. The van der Waals surface area contributed by atoms with E-state index in [9.17, 15) is 13.2 Å². The fourth-order valence-electron chi connectivity index (χ4n) is 3.56. The van der Waals surface area contributed by atoms with Crippen molar-refractivity contribution in [3.63, 3.8) is 0 Å². The quantitative estimate of drug-likeness (QED) is 0.810. The highest BCUT2D eigenvalue weighted by Gasteiger charge is 2.75. The Morgan fingerprint density at radius 3 is 2.56 bits per heavy atom. The highest BCUT2D eigenvalue weighted by atomic mass is 35.5. The molecule has 1 aliphatic heterocycles. The van der Waals surface area contributed by atoms with Crippen LogP contribution in [-0.2, 0) is 14.8 Å². The van der Waals surface area contributed by atoms with Gasteiger partial charge in [0.05, 0.1) is 17.8 Å². The van der Waals surface area contributed by atoms with Crippen molar-refractivity contribution in [1.29, 1.82) is 0 Å². The second kappa shape index (κ2) is 6.29. The molecule has 9 heteroatoms. The fourth-order valence-corrected chi connectivity index (χ4v) is 6.30. The zero-order valence-corrected chi connectivity index (χ0v) is 16.6. The maximum Gasteiger partial charge on any atom is 0.250 e. The number of sulfonamides is 1. The second-order valence-electron chi connectivity index (χ2n) is 6.61. The number of hydrogen-bond acceptors (Lipinski definition) is 4. The fraction of sp³-hybridized carbons (Fsp3) is 0.278. The van der Waals surface area contributed by atoms with Crippen LogP contribution in [0, 0.1) is 5.92 Å². The van der Waals surface area contributed by atoms with E-state index in [2.05, 4.69) is 5.32 Å². The van der Waals surface area contributed by atoms with Gasteiger partial charge in [0, 0.05) is 23.2 Å². The van der Waals surface area contributed by atoms with Gasteiger partial charge in [0.2, 0.25) is 15.9 Å². The van der Waals surface area contributed by atoms with Crippen LogP contribution in [0.15, 0.2) is 42.5 Å². The summed E-state index contributed by atoms with van der Waals surface area (Å²) in [5.74, 6) is -0.309. The summed E-state index contributed by atoms with van der Waals surface area (Å²) in [6.45, 7) is 0.279. The SMILES string of the molecule is COc1ccc(NC(=O)[C@@]23C[C@@H]2CN(c2ccc(Cl)cc2)S3(=O)=O)cc1Cl. The molecule has 4 rings (SSSR count). The van der Waals surface area contributed by atoms with Crippen molar-refractivity contribution in [2.75, 3.05) is 23.3 Å². The lowest BCUT2D eigenvalue weighted by Gasteiger charge is -2.23. The Labute approximate surface area is 167 Å². The van der Waals surface area contributed by atoms with Gasteiger partial charge in [-0.25, -0.2) is 8.42 Å². The van der Waals surface area contributed by atoms with E-state index in [-0.39, 0.29) is 12.5 Å². The van der Waals surface area contributed by atoms with E-state index >= 15 is 0 Å². The number of ether oxygens (including phenoxy) is 1. The molecule has 2 aromatic carbocycles. The van der Waals surface area contributed by atoms with Crippen LogP contribution < -0.4 is 14.4 Å². The maximum absolute atomic E-state index is 13.1. The lowest BCUT2D eigenvalue weighted by molar-refractivity contribution is -0.116. The summed E-state index contributed by atoms with van der Waals surface area (Å²) in [5.41, 5.74) is 0.928. The molecule has 1 saturated carbocycles. The lowest BCUT2D eigenvalue weighted by atomic mass is 10.2. The summed E-state index contributed by atoms with van der Waals surface area (Å²) >= 11 is 12.0. The average molecular weight is 427 g/mol. The van der Waals surface area contributed by atoms with Crippen molar-refractivity contribution < 1.29 is 17.9 Å². The monoisotopic (exact) mass is 426 g/mol. The molecule has 1 heterocycles. The lowest BCUT2D eigenvalue weighted by Crippen LogP contribution is -2.42. The molecule has 0 bridgehead atoms. The van der Waals surface area contributed by atoms with Gasteiger partial charge >= 0.3 is 0 Å². The number of nitrogens with one attached hydrogen (secondary N) is 1. The van der Waals surface area contributed by atoms with Crippen molar-refractivity contribution >= 4 is 50.5 Å². The Hall–Kier alpha value is -1.96. The molecule has 1 N–H and O–H groups in total. The van der Waals surface area contributed by atoms with E-state index in [1.165, 1.54) is 17.5 Å². The van der Waals surface area contributed by atoms with Gasteiger partial charge < -0.3 is 10.1 Å². The minimum atomic E-state index is -3.84. The van der Waals surface area contributed by atoms with E-state index in [1.807, 2.05) is 0 Å². The molecule has 0 aromatic heterocycles. The zero-order valence-electron chi connectivity index (χ0n) is 14.3. The number of hydrogen-bond donors (Lipinski definition) is 1. The molecule has 2 atom stereocenters. The summed E-state index contributed by atoms with van der Waals surface area (Å²) < 4.78 is 31.2. The van der Waals surface area contributed by atoms with Crippen LogP contribution in [0.1, 0.15) is 6.42 Å². The molecule has 1 aliphatic carbocycles. The standard InChI is InChI=1S/C18H16Cl2N2O4S/c1-26-16-7-4-13(8-15(16)20)21-17(23)18-9-11(18)10-22(27(18,24)25)14-5-2-12(19)3-6-14/h2-8,11H,9-10H2,1H3,(H,21,23)/t11-,18-/m1/s1. The van der Waals surface area contributed by atoms with Crippen LogP contribution in [0.5, 0.6) is 5.75 Å². The number of nitrogens with zero attached hydrogens (tertiary/aromatic N) is 1. The number of anilines is 2. The van der Waals surface area contributed by atoms with Crippen LogP contribution in [0.25, 0.3) is 0 Å². The molecule has 2 fully saturated rings. The van der Waals surface area contributed by atoms with Gasteiger partial charge in [0.15, 0.2) is 4.75 Å². The predicted octanol–water partition coefficient (Wildman–Crippen LogP) is 3.55. The maximum atomic E-state index is 13.1. The number of carbonyl (C=O) groups is 1. The van der Waals surface area contributed by atoms with E-state index in [0.717, 1.165) is 0 Å². The van der Waals surface area contributed by atoms with Crippen molar-refractivity contribution in [3.8, 4) is 5.75 Å². The Morgan fingerprint density at radius 2 is 1.93 bits per heavy atom. The first-order chi connectivity index (χ1) is 12.8. The first-order valence-electron chi connectivity index (χ1n) is 8.22. The van der Waals surface area contributed by atoms with Crippen molar-refractivity contribution in [3.05, 3.63) is 52.5 Å². The van der Waals surface area contributed by atoms with E-state index in [1.54, 1.807) is 36.4 Å². The summed E-state index contributed by atoms with van der Waals surface area (Å²) in [6.07, 6.45) is 0.315. The van der Waals surface area contributed by atoms with Gasteiger partial charge in [-0.1, -0.05) is 23.2 Å². The molecule has 0 spiro atoms. The number of rotatable bonds is 4. The van der Waals surface area contributed by atoms with Crippen LogP contribution in [0.3, 0.4) is 0 Å². The normalized spacial score (nSPS) is 25.0. The summed E-state index contributed by atoms with van der Waals surface area (Å²) in [4.78, 5) is 12.9. The molecule has 2 aliphatic rings. The van der Waals surface area contributed by atoms with Crippen molar-refractivity contribution in [2.24, 2.45) is 5.92 Å². The number of amides is 1. The Bertz CT molecular complexity index is 1030.